The summed E-state index contributed by atoms with van der Waals surface area (Å²) >= 11 is 0. The van der Waals surface area contributed by atoms with Crippen molar-refractivity contribution in [1.29, 1.82) is 0 Å². The molecule has 1 amide bonds. The van der Waals surface area contributed by atoms with Gasteiger partial charge in [0.15, 0.2) is 5.82 Å². The van der Waals surface area contributed by atoms with E-state index in [1.165, 1.54) is 0 Å². The lowest BCUT2D eigenvalue weighted by Gasteiger charge is -2.36. The molecule has 4 heterocycles. The van der Waals surface area contributed by atoms with Crippen LogP contribution in [0.4, 0.5) is 5.82 Å². The number of piperazine rings is 1. The minimum absolute atomic E-state index is 0.00716. The number of aryl methyl sites for hydroxylation is 1. The standard InChI is InChI=1S/C17H23N7O/c1-22-12-13(9-20-22)14-10-18-11-15(14)17(25)24-7-5-23(6-8-24)16-3-2-4-19-21-16/h2-4,9,12,14-15,18H,5-8,10-11H2,1H3/t14-,15+/m1/s1. The molecule has 0 radical (unpaired) electrons. The van der Waals surface area contributed by atoms with Gasteiger partial charge in [-0.15, -0.1) is 5.10 Å². The van der Waals surface area contributed by atoms with Crippen LogP contribution < -0.4 is 10.2 Å². The molecule has 2 aliphatic heterocycles. The maximum atomic E-state index is 13.0. The van der Waals surface area contributed by atoms with Crippen LogP contribution in [-0.4, -0.2) is 70.1 Å². The average Bonchev–Trinajstić information content (AvgIpc) is 3.31. The van der Waals surface area contributed by atoms with E-state index >= 15 is 0 Å². The minimum Gasteiger partial charge on any atom is -0.352 e. The number of hydrogen-bond acceptors (Lipinski definition) is 6. The zero-order valence-electron chi connectivity index (χ0n) is 14.4. The predicted molar refractivity (Wildman–Crippen MR) is 93.1 cm³/mol. The zero-order chi connectivity index (χ0) is 17.2. The number of anilines is 1. The summed E-state index contributed by atoms with van der Waals surface area (Å²) in [5.74, 6) is 1.33. The highest BCUT2D eigenvalue weighted by Crippen LogP contribution is 2.29. The highest BCUT2D eigenvalue weighted by Gasteiger charge is 2.37. The van der Waals surface area contributed by atoms with Gasteiger partial charge in [-0.2, -0.15) is 10.2 Å². The predicted octanol–water partition coefficient (Wildman–Crippen LogP) is -0.138. The molecule has 4 rings (SSSR count). The Labute approximate surface area is 146 Å². The summed E-state index contributed by atoms with van der Waals surface area (Å²) in [6, 6.07) is 3.85. The van der Waals surface area contributed by atoms with Crippen LogP contribution in [0.5, 0.6) is 0 Å². The van der Waals surface area contributed by atoms with Gasteiger partial charge in [0.1, 0.15) is 0 Å². The molecule has 2 aromatic heterocycles. The van der Waals surface area contributed by atoms with E-state index in [4.69, 9.17) is 0 Å². The monoisotopic (exact) mass is 341 g/mol. The molecule has 25 heavy (non-hydrogen) atoms. The first kappa shape index (κ1) is 16.0. The van der Waals surface area contributed by atoms with Crippen LogP contribution >= 0.6 is 0 Å². The van der Waals surface area contributed by atoms with E-state index in [9.17, 15) is 4.79 Å². The number of rotatable bonds is 3. The number of nitrogens with one attached hydrogen (secondary N) is 1. The first-order valence-corrected chi connectivity index (χ1v) is 8.73. The minimum atomic E-state index is -0.00716. The molecule has 0 aliphatic carbocycles. The third-order valence-electron chi connectivity index (χ3n) is 5.16. The normalized spacial score (nSPS) is 23.9. The van der Waals surface area contributed by atoms with E-state index in [-0.39, 0.29) is 17.7 Å². The van der Waals surface area contributed by atoms with Crippen molar-refractivity contribution in [2.45, 2.75) is 5.92 Å². The van der Waals surface area contributed by atoms with Crippen LogP contribution in [0.2, 0.25) is 0 Å². The lowest BCUT2D eigenvalue weighted by atomic mass is 9.89. The second kappa shape index (κ2) is 6.79. The first-order valence-electron chi connectivity index (χ1n) is 8.73. The molecule has 2 aliphatic rings. The molecule has 2 atom stereocenters. The fourth-order valence-corrected chi connectivity index (χ4v) is 3.77. The Morgan fingerprint density at radius 2 is 2.08 bits per heavy atom. The van der Waals surface area contributed by atoms with Gasteiger partial charge in [-0.1, -0.05) is 0 Å². The van der Waals surface area contributed by atoms with Crippen LogP contribution in [0.1, 0.15) is 11.5 Å². The summed E-state index contributed by atoms with van der Waals surface area (Å²) in [5.41, 5.74) is 1.14. The molecule has 132 valence electrons. The van der Waals surface area contributed by atoms with Gasteiger partial charge < -0.3 is 15.1 Å². The maximum Gasteiger partial charge on any atom is 0.227 e. The Hall–Kier alpha value is -2.48. The second-order valence-electron chi connectivity index (χ2n) is 6.71. The maximum absolute atomic E-state index is 13.0. The highest BCUT2D eigenvalue weighted by molar-refractivity contribution is 5.81. The lowest BCUT2D eigenvalue weighted by Crippen LogP contribution is -2.51. The van der Waals surface area contributed by atoms with Gasteiger partial charge >= 0.3 is 0 Å². The van der Waals surface area contributed by atoms with Crippen molar-refractivity contribution in [1.82, 2.24) is 30.2 Å². The first-order chi connectivity index (χ1) is 12.2. The van der Waals surface area contributed by atoms with E-state index in [1.54, 1.807) is 10.9 Å². The third kappa shape index (κ3) is 3.21. The lowest BCUT2D eigenvalue weighted by molar-refractivity contribution is -0.135. The van der Waals surface area contributed by atoms with Gasteiger partial charge in [0, 0.05) is 64.6 Å². The van der Waals surface area contributed by atoms with Crippen molar-refractivity contribution in [3.05, 3.63) is 36.3 Å². The van der Waals surface area contributed by atoms with Crippen LogP contribution in [0.15, 0.2) is 30.7 Å². The number of hydrogen-bond donors (Lipinski definition) is 1. The quantitative estimate of drug-likeness (QED) is 0.837. The zero-order valence-corrected chi connectivity index (χ0v) is 14.4. The molecular weight excluding hydrogens is 318 g/mol. The van der Waals surface area contributed by atoms with Gasteiger partial charge in [-0.25, -0.2) is 0 Å². The number of nitrogens with zero attached hydrogens (tertiary/aromatic N) is 6. The molecule has 2 aromatic rings. The van der Waals surface area contributed by atoms with Crippen molar-refractivity contribution in [2.24, 2.45) is 13.0 Å². The molecule has 1 N–H and O–H groups in total. The molecule has 0 bridgehead atoms. The van der Waals surface area contributed by atoms with Gasteiger partial charge in [-0.05, 0) is 17.7 Å². The van der Waals surface area contributed by atoms with E-state index in [1.807, 2.05) is 36.5 Å². The Morgan fingerprint density at radius 1 is 1.24 bits per heavy atom. The van der Waals surface area contributed by atoms with Gasteiger partial charge in [0.2, 0.25) is 5.91 Å². The van der Waals surface area contributed by atoms with Gasteiger partial charge in [0.05, 0.1) is 12.1 Å². The number of aromatic nitrogens is 4. The summed E-state index contributed by atoms with van der Waals surface area (Å²) in [4.78, 5) is 17.2. The molecule has 8 nitrogen and oxygen atoms in total. The summed E-state index contributed by atoms with van der Waals surface area (Å²) in [6.07, 6.45) is 5.57. The second-order valence-corrected chi connectivity index (χ2v) is 6.71. The number of amides is 1. The van der Waals surface area contributed by atoms with Crippen LogP contribution in [0.25, 0.3) is 0 Å². The van der Waals surface area contributed by atoms with Gasteiger partial charge in [-0.3, -0.25) is 9.48 Å². The third-order valence-corrected chi connectivity index (χ3v) is 5.16. The fourth-order valence-electron chi connectivity index (χ4n) is 3.77. The number of carbonyl (C=O) groups is 1. The summed E-state index contributed by atoms with van der Waals surface area (Å²) in [7, 11) is 1.91. The van der Waals surface area contributed by atoms with Crippen molar-refractivity contribution in [3.63, 3.8) is 0 Å². The molecule has 0 unspecified atom stereocenters. The Balaban J connectivity index is 1.40. The van der Waals surface area contributed by atoms with Crippen LogP contribution in [-0.2, 0) is 11.8 Å². The van der Waals surface area contributed by atoms with Crippen molar-refractivity contribution < 1.29 is 4.79 Å². The molecule has 0 saturated carbocycles. The van der Waals surface area contributed by atoms with E-state index in [0.29, 0.717) is 0 Å². The van der Waals surface area contributed by atoms with Crippen molar-refractivity contribution >= 4 is 11.7 Å². The van der Waals surface area contributed by atoms with Crippen molar-refractivity contribution in [3.8, 4) is 0 Å². The average molecular weight is 341 g/mol. The van der Waals surface area contributed by atoms with Gasteiger partial charge in [0.25, 0.3) is 0 Å². The molecule has 2 saturated heterocycles. The highest BCUT2D eigenvalue weighted by atomic mass is 16.2. The summed E-state index contributed by atoms with van der Waals surface area (Å²) < 4.78 is 1.80. The Kier molecular flexibility index (Phi) is 4.35. The molecule has 0 spiro atoms. The Morgan fingerprint density at radius 3 is 2.76 bits per heavy atom. The van der Waals surface area contributed by atoms with E-state index < -0.39 is 0 Å². The van der Waals surface area contributed by atoms with Crippen LogP contribution in [0, 0.1) is 5.92 Å². The molecule has 0 aromatic carbocycles. The summed E-state index contributed by atoms with van der Waals surface area (Å²) in [5, 5.41) is 15.7. The molecule has 2 fully saturated rings. The largest absolute Gasteiger partial charge is 0.352 e. The van der Waals surface area contributed by atoms with Crippen molar-refractivity contribution in [2.75, 3.05) is 44.2 Å². The SMILES string of the molecule is Cn1cc([C@H]2CNC[C@@H]2C(=O)N2CCN(c3cccnn3)CC2)cn1. The summed E-state index contributed by atoms with van der Waals surface area (Å²) in [6.45, 7) is 4.62. The van der Waals surface area contributed by atoms with Crippen LogP contribution in [0.3, 0.4) is 0 Å². The van der Waals surface area contributed by atoms with E-state index in [0.717, 1.165) is 50.6 Å². The molecule has 8 heteroatoms. The molecular formula is C17H23N7O. The topological polar surface area (TPSA) is 79.2 Å². The smallest absolute Gasteiger partial charge is 0.227 e. The number of carbonyl (C=O) groups excluding carboxylic acids is 1. The van der Waals surface area contributed by atoms with E-state index in [2.05, 4.69) is 25.5 Å². The Bertz CT molecular complexity index is 724. The fraction of sp³-hybridized carbons (Fsp3) is 0.529.